The van der Waals surface area contributed by atoms with Crippen LogP contribution in [-0.2, 0) is 6.18 Å². The molecule has 1 aliphatic heterocycles. The lowest BCUT2D eigenvalue weighted by atomic mass is 10.0. The molecular weight excluding hydrogens is 341 g/mol. The predicted octanol–water partition coefficient (Wildman–Crippen LogP) is 0.880. The number of halogens is 3. The van der Waals surface area contributed by atoms with Crippen molar-refractivity contribution in [3.63, 3.8) is 0 Å². The molecule has 0 amide bonds. The van der Waals surface area contributed by atoms with Crippen LogP contribution in [0.15, 0.2) is 36.7 Å². The molecular formula is C15H15F3N4O3. The van der Waals surface area contributed by atoms with Gasteiger partial charge in [0.05, 0.1) is 6.54 Å². The van der Waals surface area contributed by atoms with E-state index in [2.05, 4.69) is 15.0 Å². The van der Waals surface area contributed by atoms with Crippen molar-refractivity contribution < 1.29 is 28.1 Å². The van der Waals surface area contributed by atoms with Crippen molar-refractivity contribution in [2.24, 2.45) is 0 Å². The van der Waals surface area contributed by atoms with E-state index in [0.717, 1.165) is 12.1 Å². The number of piperidine rings is 1. The number of β-amino-alcohol motifs (C(OH)–C–C–N with tert-alkyl or cyclic N) is 1. The molecule has 10 heteroatoms. The highest BCUT2D eigenvalue weighted by atomic mass is 19.4. The van der Waals surface area contributed by atoms with Gasteiger partial charge in [0, 0.05) is 25.0 Å². The number of alkyl halides is 3. The normalized spacial score (nSPS) is 24.2. The summed E-state index contributed by atoms with van der Waals surface area (Å²) in [7, 11) is 0. The zero-order valence-corrected chi connectivity index (χ0v) is 12.8. The fourth-order valence-electron chi connectivity index (χ4n) is 2.50. The number of ether oxygens (including phenoxy) is 1. The van der Waals surface area contributed by atoms with Crippen molar-refractivity contribution in [3.05, 3.63) is 42.4 Å². The van der Waals surface area contributed by atoms with E-state index in [9.17, 15) is 23.4 Å². The Morgan fingerprint density at radius 3 is 2.48 bits per heavy atom. The molecule has 0 saturated carbocycles. The molecule has 3 rings (SSSR count). The van der Waals surface area contributed by atoms with E-state index >= 15 is 0 Å². The third kappa shape index (κ3) is 3.97. The Bertz CT molecular complexity index is 717. The van der Waals surface area contributed by atoms with Gasteiger partial charge in [-0.2, -0.15) is 13.2 Å². The first-order chi connectivity index (χ1) is 11.8. The average molecular weight is 356 g/mol. The number of hydrogen-bond donors (Lipinski definition) is 2. The lowest BCUT2D eigenvalue weighted by molar-refractivity contribution is -0.141. The zero-order valence-electron chi connectivity index (χ0n) is 12.8. The molecule has 0 unspecified atom stereocenters. The summed E-state index contributed by atoms with van der Waals surface area (Å²) in [5, 5.41) is 20.1. The second-order valence-electron chi connectivity index (χ2n) is 5.53. The molecule has 0 aromatic carbocycles. The molecule has 0 bridgehead atoms. The fourth-order valence-corrected chi connectivity index (χ4v) is 2.50. The summed E-state index contributed by atoms with van der Waals surface area (Å²) in [5.74, 6) is 0.0287. The quantitative estimate of drug-likeness (QED) is 0.843. The molecule has 1 fully saturated rings. The predicted molar refractivity (Wildman–Crippen MR) is 79.9 cm³/mol. The molecule has 1 aliphatic rings. The van der Waals surface area contributed by atoms with Crippen LogP contribution in [0.4, 0.5) is 19.1 Å². The molecule has 2 aromatic heterocycles. The summed E-state index contributed by atoms with van der Waals surface area (Å²) < 4.78 is 43.6. The van der Waals surface area contributed by atoms with Gasteiger partial charge in [0.1, 0.15) is 24.0 Å². The molecule has 134 valence electrons. The average Bonchev–Trinajstić information content (AvgIpc) is 2.59. The van der Waals surface area contributed by atoms with E-state index in [-0.39, 0.29) is 19.0 Å². The number of aromatic nitrogens is 3. The van der Waals surface area contributed by atoms with Gasteiger partial charge in [0.15, 0.2) is 0 Å². The number of anilines is 1. The minimum atomic E-state index is -4.60. The van der Waals surface area contributed by atoms with Crippen molar-refractivity contribution in [2.75, 3.05) is 18.0 Å². The largest absolute Gasteiger partial charge is 0.470 e. The first-order valence-corrected chi connectivity index (χ1v) is 7.43. The Balaban J connectivity index is 1.78. The van der Waals surface area contributed by atoms with E-state index < -0.39 is 30.2 Å². The number of rotatable bonds is 3. The maximum absolute atomic E-state index is 12.7. The van der Waals surface area contributed by atoms with Crippen molar-refractivity contribution in [1.82, 2.24) is 15.0 Å². The Hall–Kier alpha value is -2.46. The van der Waals surface area contributed by atoms with Gasteiger partial charge in [-0.3, -0.25) is 0 Å². The highest BCUT2D eigenvalue weighted by Gasteiger charge is 2.38. The molecule has 3 atom stereocenters. The number of aliphatic hydroxyl groups excluding tert-OH is 2. The van der Waals surface area contributed by atoms with Crippen LogP contribution in [0.1, 0.15) is 5.69 Å². The van der Waals surface area contributed by atoms with Gasteiger partial charge >= 0.3 is 6.18 Å². The van der Waals surface area contributed by atoms with Gasteiger partial charge in [0.25, 0.3) is 0 Å². The molecule has 0 aliphatic carbocycles. The smallest absolute Gasteiger partial charge is 0.433 e. The fraction of sp³-hybridized carbons (Fsp3) is 0.400. The van der Waals surface area contributed by atoms with Crippen LogP contribution in [0, 0.1) is 0 Å². The summed E-state index contributed by atoms with van der Waals surface area (Å²) >= 11 is 0. The maximum Gasteiger partial charge on any atom is 0.433 e. The molecule has 1 saturated heterocycles. The Labute approximate surface area is 140 Å². The Kier molecular flexibility index (Phi) is 4.73. The molecule has 2 aromatic rings. The Morgan fingerprint density at radius 1 is 1.08 bits per heavy atom. The van der Waals surface area contributed by atoms with Crippen molar-refractivity contribution in [1.29, 1.82) is 0 Å². The third-order valence-electron chi connectivity index (χ3n) is 3.70. The maximum atomic E-state index is 12.7. The topological polar surface area (TPSA) is 91.6 Å². The summed E-state index contributed by atoms with van der Waals surface area (Å²) in [6.07, 6.45) is -5.02. The van der Waals surface area contributed by atoms with Crippen molar-refractivity contribution in [2.45, 2.75) is 24.5 Å². The standard InChI is InChI=1S/C15H15F3N4O3/c16-15(17,18)11-3-1-4-12(21-11)25-10-8-22(7-9(23)13(10)24)14-19-5-2-6-20-14/h1-6,9-10,13,23-24H,7-8H2/t9-,10-,13-/m0/s1. The van der Waals surface area contributed by atoms with E-state index in [1.54, 1.807) is 11.0 Å². The molecule has 7 nitrogen and oxygen atoms in total. The van der Waals surface area contributed by atoms with Gasteiger partial charge in [-0.1, -0.05) is 6.07 Å². The van der Waals surface area contributed by atoms with Gasteiger partial charge in [-0.25, -0.2) is 15.0 Å². The lowest BCUT2D eigenvalue weighted by Gasteiger charge is -2.38. The summed E-state index contributed by atoms with van der Waals surface area (Å²) in [5.41, 5.74) is -1.10. The molecule has 0 radical (unpaired) electrons. The van der Waals surface area contributed by atoms with Crippen LogP contribution in [0.25, 0.3) is 0 Å². The summed E-state index contributed by atoms with van der Waals surface area (Å²) in [6, 6.07) is 4.86. The van der Waals surface area contributed by atoms with Crippen LogP contribution < -0.4 is 9.64 Å². The van der Waals surface area contributed by atoms with Crippen molar-refractivity contribution in [3.8, 4) is 5.88 Å². The van der Waals surface area contributed by atoms with Crippen LogP contribution >= 0.6 is 0 Å². The lowest BCUT2D eigenvalue weighted by Crippen LogP contribution is -2.58. The summed E-state index contributed by atoms with van der Waals surface area (Å²) in [6.45, 7) is 0.154. The molecule has 2 N–H and O–H groups in total. The second-order valence-corrected chi connectivity index (χ2v) is 5.53. The monoisotopic (exact) mass is 356 g/mol. The van der Waals surface area contributed by atoms with E-state index in [1.165, 1.54) is 18.5 Å². The molecule has 25 heavy (non-hydrogen) atoms. The van der Waals surface area contributed by atoms with Crippen LogP contribution in [-0.4, -0.2) is 56.6 Å². The second kappa shape index (κ2) is 6.81. The minimum Gasteiger partial charge on any atom is -0.470 e. The van der Waals surface area contributed by atoms with E-state index in [4.69, 9.17) is 4.74 Å². The van der Waals surface area contributed by atoms with Gasteiger partial charge in [-0.05, 0) is 12.1 Å². The van der Waals surface area contributed by atoms with Gasteiger partial charge in [0.2, 0.25) is 11.8 Å². The van der Waals surface area contributed by atoms with Crippen LogP contribution in [0.5, 0.6) is 5.88 Å². The number of nitrogens with zero attached hydrogens (tertiary/aromatic N) is 4. The van der Waals surface area contributed by atoms with E-state index in [0.29, 0.717) is 5.95 Å². The van der Waals surface area contributed by atoms with E-state index in [1.807, 2.05) is 0 Å². The molecule has 0 spiro atoms. The van der Waals surface area contributed by atoms with Gasteiger partial charge in [-0.15, -0.1) is 0 Å². The molecule has 3 heterocycles. The number of hydrogen-bond acceptors (Lipinski definition) is 7. The SMILES string of the molecule is O[C@@H]1[C@@H](Oc2cccc(C(F)(F)F)n2)CN(c2ncccn2)C[C@@H]1O. The van der Waals surface area contributed by atoms with Crippen LogP contribution in [0.3, 0.4) is 0 Å². The number of aliphatic hydroxyl groups is 2. The first kappa shape index (κ1) is 17.4. The number of pyridine rings is 1. The van der Waals surface area contributed by atoms with Gasteiger partial charge < -0.3 is 19.8 Å². The highest BCUT2D eigenvalue weighted by Crippen LogP contribution is 2.29. The Morgan fingerprint density at radius 2 is 1.80 bits per heavy atom. The highest BCUT2D eigenvalue weighted by molar-refractivity contribution is 5.31. The zero-order chi connectivity index (χ0) is 18.0. The third-order valence-corrected chi connectivity index (χ3v) is 3.70. The van der Waals surface area contributed by atoms with Crippen molar-refractivity contribution >= 4 is 5.95 Å². The minimum absolute atomic E-state index is 0.0705. The summed E-state index contributed by atoms with van der Waals surface area (Å²) in [4.78, 5) is 13.1. The van der Waals surface area contributed by atoms with Crippen LogP contribution in [0.2, 0.25) is 0 Å². The first-order valence-electron chi connectivity index (χ1n) is 7.43.